The van der Waals surface area contributed by atoms with Crippen molar-refractivity contribution in [2.24, 2.45) is 0 Å². The Morgan fingerprint density at radius 3 is 2.44 bits per heavy atom. The number of methoxy groups -OCH3 is 1. The maximum atomic E-state index is 12.5. The number of benzene rings is 2. The Kier molecular flexibility index (Phi) is 6.42. The average molecular weight is 362 g/mol. The number of esters is 1. The molecule has 0 saturated heterocycles. The van der Waals surface area contributed by atoms with Gasteiger partial charge in [-0.15, -0.1) is 0 Å². The number of rotatable bonds is 6. The van der Waals surface area contributed by atoms with Crippen molar-refractivity contribution in [3.8, 4) is 5.75 Å². The van der Waals surface area contributed by atoms with Crippen LogP contribution < -0.4 is 4.74 Å². The van der Waals surface area contributed by atoms with Gasteiger partial charge < -0.3 is 14.4 Å². The molecule has 0 spiro atoms. The minimum Gasteiger partial charge on any atom is -0.481 e. The van der Waals surface area contributed by atoms with Crippen LogP contribution in [0.4, 0.5) is 0 Å². The standard InChI is InChI=1S/C19H20ClNO4/c1-13(25-17-6-4-5-16(20)11-17)18(22)21(2)12-14-7-9-15(10-8-14)19(23)24-3/h4-11,13H,12H2,1-3H3. The van der Waals surface area contributed by atoms with E-state index in [1.165, 1.54) is 7.11 Å². The molecule has 1 unspecified atom stereocenters. The molecule has 2 aromatic carbocycles. The molecule has 1 atom stereocenters. The van der Waals surface area contributed by atoms with Gasteiger partial charge in [0.1, 0.15) is 5.75 Å². The van der Waals surface area contributed by atoms with Gasteiger partial charge in [0.05, 0.1) is 12.7 Å². The molecule has 0 aliphatic heterocycles. The maximum absolute atomic E-state index is 12.5. The molecule has 5 nitrogen and oxygen atoms in total. The number of likely N-dealkylation sites (N-methyl/N-ethyl adjacent to an activating group) is 1. The Hall–Kier alpha value is -2.53. The lowest BCUT2D eigenvalue weighted by atomic mass is 10.1. The summed E-state index contributed by atoms with van der Waals surface area (Å²) in [4.78, 5) is 25.5. The van der Waals surface area contributed by atoms with Crippen molar-refractivity contribution >= 4 is 23.5 Å². The first-order valence-electron chi connectivity index (χ1n) is 7.75. The van der Waals surface area contributed by atoms with Crippen LogP contribution in [-0.2, 0) is 16.1 Å². The highest BCUT2D eigenvalue weighted by Crippen LogP contribution is 2.19. The van der Waals surface area contributed by atoms with Crippen molar-refractivity contribution in [2.45, 2.75) is 19.6 Å². The van der Waals surface area contributed by atoms with Crippen LogP contribution in [0.15, 0.2) is 48.5 Å². The zero-order chi connectivity index (χ0) is 18.4. The van der Waals surface area contributed by atoms with Crippen LogP contribution in [-0.4, -0.2) is 37.0 Å². The smallest absolute Gasteiger partial charge is 0.337 e. The second kappa shape index (κ2) is 8.53. The normalized spacial score (nSPS) is 11.5. The molecule has 132 valence electrons. The minimum atomic E-state index is -0.641. The van der Waals surface area contributed by atoms with Gasteiger partial charge in [-0.25, -0.2) is 4.79 Å². The molecular formula is C19H20ClNO4. The Morgan fingerprint density at radius 2 is 1.84 bits per heavy atom. The van der Waals surface area contributed by atoms with Crippen LogP contribution in [0.1, 0.15) is 22.8 Å². The molecule has 0 radical (unpaired) electrons. The highest BCUT2D eigenvalue weighted by Gasteiger charge is 2.19. The minimum absolute atomic E-state index is 0.156. The van der Waals surface area contributed by atoms with Crippen LogP contribution in [0.5, 0.6) is 5.75 Å². The van der Waals surface area contributed by atoms with Gasteiger partial charge in [0.2, 0.25) is 0 Å². The van der Waals surface area contributed by atoms with E-state index in [0.29, 0.717) is 22.9 Å². The van der Waals surface area contributed by atoms with E-state index in [-0.39, 0.29) is 11.9 Å². The lowest BCUT2D eigenvalue weighted by Crippen LogP contribution is -2.37. The average Bonchev–Trinajstić information content (AvgIpc) is 2.61. The van der Waals surface area contributed by atoms with Gasteiger partial charge >= 0.3 is 5.97 Å². The topological polar surface area (TPSA) is 55.8 Å². The summed E-state index contributed by atoms with van der Waals surface area (Å²) in [5.74, 6) is 0.000672. The van der Waals surface area contributed by atoms with Gasteiger partial charge in [-0.2, -0.15) is 0 Å². The van der Waals surface area contributed by atoms with E-state index in [2.05, 4.69) is 4.74 Å². The fourth-order valence-electron chi connectivity index (χ4n) is 2.32. The lowest BCUT2D eigenvalue weighted by molar-refractivity contribution is -0.137. The summed E-state index contributed by atoms with van der Waals surface area (Å²) in [6.45, 7) is 2.10. The van der Waals surface area contributed by atoms with Crippen LogP contribution in [0, 0.1) is 0 Å². The first kappa shape index (κ1) is 18.8. The third kappa shape index (κ3) is 5.22. The van der Waals surface area contributed by atoms with Gasteiger partial charge in [0.25, 0.3) is 5.91 Å². The first-order chi connectivity index (χ1) is 11.9. The molecule has 0 aliphatic carbocycles. The quantitative estimate of drug-likeness (QED) is 0.738. The van der Waals surface area contributed by atoms with Crippen LogP contribution in [0.3, 0.4) is 0 Å². The zero-order valence-electron chi connectivity index (χ0n) is 14.4. The summed E-state index contributed by atoms with van der Waals surface area (Å²) in [5, 5.41) is 0.552. The molecule has 25 heavy (non-hydrogen) atoms. The number of hydrogen-bond acceptors (Lipinski definition) is 4. The Bertz CT molecular complexity index is 745. The monoisotopic (exact) mass is 361 g/mol. The van der Waals surface area contributed by atoms with Gasteiger partial charge in [-0.1, -0.05) is 29.8 Å². The van der Waals surface area contributed by atoms with Crippen molar-refractivity contribution in [1.82, 2.24) is 4.90 Å². The molecule has 2 aromatic rings. The number of amides is 1. The molecule has 0 N–H and O–H groups in total. The van der Waals surface area contributed by atoms with E-state index in [1.54, 1.807) is 67.4 Å². The summed E-state index contributed by atoms with van der Waals surface area (Å²) in [6, 6.07) is 13.8. The van der Waals surface area contributed by atoms with Crippen LogP contribution in [0.2, 0.25) is 5.02 Å². The largest absolute Gasteiger partial charge is 0.481 e. The molecule has 1 amide bonds. The first-order valence-corrected chi connectivity index (χ1v) is 8.13. The van der Waals surface area contributed by atoms with E-state index >= 15 is 0 Å². The number of hydrogen-bond donors (Lipinski definition) is 0. The molecular weight excluding hydrogens is 342 g/mol. The summed E-state index contributed by atoms with van der Waals surface area (Å²) in [7, 11) is 3.04. The number of carbonyl (C=O) groups is 2. The van der Waals surface area contributed by atoms with E-state index in [0.717, 1.165) is 5.56 Å². The summed E-state index contributed by atoms with van der Waals surface area (Å²) < 4.78 is 10.3. The summed E-state index contributed by atoms with van der Waals surface area (Å²) in [5.41, 5.74) is 1.37. The highest BCUT2D eigenvalue weighted by atomic mass is 35.5. The maximum Gasteiger partial charge on any atom is 0.337 e. The molecule has 6 heteroatoms. The predicted molar refractivity (Wildman–Crippen MR) is 95.8 cm³/mol. The highest BCUT2D eigenvalue weighted by molar-refractivity contribution is 6.30. The third-order valence-corrected chi connectivity index (χ3v) is 3.86. The van der Waals surface area contributed by atoms with Crippen molar-refractivity contribution < 1.29 is 19.1 Å². The fourth-order valence-corrected chi connectivity index (χ4v) is 2.50. The molecule has 0 saturated carbocycles. The van der Waals surface area contributed by atoms with Gasteiger partial charge in [-0.3, -0.25) is 4.79 Å². The molecule has 0 heterocycles. The van der Waals surface area contributed by atoms with E-state index in [4.69, 9.17) is 16.3 Å². The van der Waals surface area contributed by atoms with E-state index in [9.17, 15) is 9.59 Å². The van der Waals surface area contributed by atoms with Gasteiger partial charge in [-0.05, 0) is 42.8 Å². The molecule has 0 fully saturated rings. The number of halogens is 1. The molecule has 0 aromatic heterocycles. The molecule has 0 bridgehead atoms. The Morgan fingerprint density at radius 1 is 1.16 bits per heavy atom. The lowest BCUT2D eigenvalue weighted by Gasteiger charge is -2.22. The van der Waals surface area contributed by atoms with Gasteiger partial charge in [0, 0.05) is 18.6 Å². The van der Waals surface area contributed by atoms with Crippen molar-refractivity contribution in [3.05, 3.63) is 64.7 Å². The fraction of sp³-hybridized carbons (Fsp3) is 0.263. The van der Waals surface area contributed by atoms with Gasteiger partial charge in [0.15, 0.2) is 6.10 Å². The second-order valence-corrected chi connectivity index (χ2v) is 6.04. The third-order valence-electron chi connectivity index (χ3n) is 3.63. The Balaban J connectivity index is 1.96. The number of carbonyl (C=O) groups excluding carboxylic acids is 2. The summed E-state index contributed by atoms with van der Waals surface area (Å²) >= 11 is 5.91. The predicted octanol–water partition coefficient (Wildman–Crippen LogP) is 3.55. The Labute approximate surface area is 152 Å². The van der Waals surface area contributed by atoms with E-state index in [1.807, 2.05) is 0 Å². The summed E-state index contributed by atoms with van der Waals surface area (Å²) in [6.07, 6.45) is -0.641. The van der Waals surface area contributed by atoms with Crippen molar-refractivity contribution in [3.63, 3.8) is 0 Å². The molecule has 2 rings (SSSR count). The SMILES string of the molecule is COC(=O)c1ccc(CN(C)C(=O)C(C)Oc2cccc(Cl)c2)cc1. The van der Waals surface area contributed by atoms with Crippen LogP contribution >= 0.6 is 11.6 Å². The molecule has 0 aliphatic rings. The van der Waals surface area contributed by atoms with Crippen molar-refractivity contribution in [2.75, 3.05) is 14.2 Å². The zero-order valence-corrected chi connectivity index (χ0v) is 15.1. The van der Waals surface area contributed by atoms with Crippen molar-refractivity contribution in [1.29, 1.82) is 0 Å². The van der Waals surface area contributed by atoms with Crippen LogP contribution in [0.25, 0.3) is 0 Å². The second-order valence-electron chi connectivity index (χ2n) is 5.60. The van der Waals surface area contributed by atoms with E-state index < -0.39 is 6.10 Å². The number of nitrogens with zero attached hydrogens (tertiary/aromatic N) is 1. The number of ether oxygens (including phenoxy) is 2.